The van der Waals surface area contributed by atoms with Gasteiger partial charge in [-0.25, -0.2) is 4.39 Å². The van der Waals surface area contributed by atoms with Gasteiger partial charge in [-0.05, 0) is 54.8 Å². The van der Waals surface area contributed by atoms with Gasteiger partial charge in [0.05, 0.1) is 12.1 Å². The fourth-order valence-corrected chi connectivity index (χ4v) is 3.76. The van der Waals surface area contributed by atoms with Crippen LogP contribution in [0.2, 0.25) is 0 Å². The lowest BCUT2D eigenvalue weighted by atomic mass is 9.84. The summed E-state index contributed by atoms with van der Waals surface area (Å²) in [6, 6.07) is 22.5. The summed E-state index contributed by atoms with van der Waals surface area (Å²) in [7, 11) is 0. The number of piperidine rings is 1. The first-order chi connectivity index (χ1) is 14.5. The standard InChI is InChI=1S/C25H24FNO3/c26-21-8-12-23(13-9-21)30-22-10-6-20(7-11-22)25(29)14-16-27(17-15-25)18-24(28)19-4-2-1-3-5-19/h1-13,29H,14-18H2. The monoisotopic (exact) mass is 405 g/mol. The maximum absolute atomic E-state index is 13.0. The number of halogens is 1. The van der Waals surface area contributed by atoms with Gasteiger partial charge < -0.3 is 9.84 Å². The van der Waals surface area contributed by atoms with Gasteiger partial charge in [0.2, 0.25) is 0 Å². The van der Waals surface area contributed by atoms with Crippen molar-refractivity contribution >= 4 is 5.78 Å². The third-order valence-corrected chi connectivity index (χ3v) is 5.59. The highest BCUT2D eigenvalue weighted by Gasteiger charge is 2.34. The van der Waals surface area contributed by atoms with E-state index in [-0.39, 0.29) is 11.6 Å². The molecule has 0 saturated carbocycles. The number of aliphatic hydroxyl groups is 1. The fraction of sp³-hybridized carbons (Fsp3) is 0.240. The number of nitrogens with zero attached hydrogens (tertiary/aromatic N) is 1. The summed E-state index contributed by atoms with van der Waals surface area (Å²) in [5, 5.41) is 11.1. The topological polar surface area (TPSA) is 49.8 Å². The molecule has 3 aromatic rings. The molecule has 1 aliphatic rings. The lowest BCUT2D eigenvalue weighted by Gasteiger charge is -2.38. The number of carbonyl (C=O) groups excluding carboxylic acids is 1. The predicted molar refractivity (Wildman–Crippen MR) is 113 cm³/mol. The summed E-state index contributed by atoms with van der Waals surface area (Å²) in [6.45, 7) is 1.68. The van der Waals surface area contributed by atoms with Crippen LogP contribution in [-0.4, -0.2) is 35.4 Å². The molecule has 0 aromatic heterocycles. The van der Waals surface area contributed by atoms with Crippen LogP contribution in [0.1, 0.15) is 28.8 Å². The van der Waals surface area contributed by atoms with Crippen molar-refractivity contribution in [3.05, 3.63) is 95.8 Å². The second kappa shape index (κ2) is 8.78. The van der Waals surface area contributed by atoms with Crippen molar-refractivity contribution < 1.29 is 19.0 Å². The van der Waals surface area contributed by atoms with Gasteiger partial charge in [0.25, 0.3) is 0 Å². The summed E-state index contributed by atoms with van der Waals surface area (Å²) in [6.07, 6.45) is 1.13. The van der Waals surface area contributed by atoms with Gasteiger partial charge in [-0.2, -0.15) is 0 Å². The quantitative estimate of drug-likeness (QED) is 0.600. The zero-order chi connectivity index (χ0) is 21.0. The van der Waals surface area contributed by atoms with Crippen LogP contribution < -0.4 is 4.74 Å². The van der Waals surface area contributed by atoms with Crippen LogP contribution in [0.3, 0.4) is 0 Å². The Bertz CT molecular complexity index is 979. The number of Topliss-reactive ketones (excluding diaryl/α,β-unsaturated/α-hetero) is 1. The van der Waals surface area contributed by atoms with Crippen molar-refractivity contribution in [2.75, 3.05) is 19.6 Å². The van der Waals surface area contributed by atoms with Crippen molar-refractivity contribution in [3.63, 3.8) is 0 Å². The number of ether oxygens (including phenoxy) is 1. The van der Waals surface area contributed by atoms with Crippen molar-refractivity contribution in [2.45, 2.75) is 18.4 Å². The molecule has 0 amide bonds. The SMILES string of the molecule is O=C(CN1CCC(O)(c2ccc(Oc3ccc(F)cc3)cc2)CC1)c1ccccc1. The molecule has 1 fully saturated rings. The van der Waals surface area contributed by atoms with Crippen LogP contribution in [0.15, 0.2) is 78.9 Å². The van der Waals surface area contributed by atoms with E-state index in [0.29, 0.717) is 44.0 Å². The van der Waals surface area contributed by atoms with Crippen LogP contribution >= 0.6 is 0 Å². The lowest BCUT2D eigenvalue weighted by molar-refractivity contribution is -0.0245. The highest BCUT2D eigenvalue weighted by atomic mass is 19.1. The third-order valence-electron chi connectivity index (χ3n) is 5.59. The Labute approximate surface area is 175 Å². The van der Waals surface area contributed by atoms with Crippen LogP contribution in [0.25, 0.3) is 0 Å². The van der Waals surface area contributed by atoms with E-state index < -0.39 is 5.60 Å². The molecular formula is C25H24FNO3. The van der Waals surface area contributed by atoms with Crippen molar-refractivity contribution in [1.29, 1.82) is 0 Å². The molecule has 5 heteroatoms. The minimum absolute atomic E-state index is 0.100. The van der Waals surface area contributed by atoms with Gasteiger partial charge in [-0.1, -0.05) is 42.5 Å². The Morgan fingerprint density at radius 3 is 2.07 bits per heavy atom. The zero-order valence-corrected chi connectivity index (χ0v) is 16.6. The average Bonchev–Trinajstić information content (AvgIpc) is 2.78. The summed E-state index contributed by atoms with van der Waals surface area (Å²) in [5.41, 5.74) is 0.638. The first-order valence-corrected chi connectivity index (χ1v) is 10.1. The highest BCUT2D eigenvalue weighted by Crippen LogP contribution is 2.34. The van der Waals surface area contributed by atoms with Gasteiger partial charge in [-0.3, -0.25) is 9.69 Å². The Kier molecular flexibility index (Phi) is 5.93. The van der Waals surface area contributed by atoms with Crippen molar-refractivity contribution in [1.82, 2.24) is 4.90 Å². The first-order valence-electron chi connectivity index (χ1n) is 10.1. The normalized spacial score (nSPS) is 16.2. The van der Waals surface area contributed by atoms with Gasteiger partial charge in [-0.15, -0.1) is 0 Å². The number of ketones is 1. The fourth-order valence-electron chi connectivity index (χ4n) is 3.76. The van der Waals surface area contributed by atoms with E-state index in [1.165, 1.54) is 12.1 Å². The van der Waals surface area contributed by atoms with E-state index >= 15 is 0 Å². The molecule has 154 valence electrons. The van der Waals surface area contributed by atoms with E-state index in [0.717, 1.165) is 11.1 Å². The number of hydrogen-bond acceptors (Lipinski definition) is 4. The van der Waals surface area contributed by atoms with Gasteiger partial charge in [0, 0.05) is 18.7 Å². The molecular weight excluding hydrogens is 381 g/mol. The zero-order valence-electron chi connectivity index (χ0n) is 16.6. The molecule has 0 aliphatic carbocycles. The summed E-state index contributed by atoms with van der Waals surface area (Å²) in [4.78, 5) is 14.5. The molecule has 4 nitrogen and oxygen atoms in total. The molecule has 0 unspecified atom stereocenters. The molecule has 3 aromatic carbocycles. The molecule has 0 spiro atoms. The number of hydrogen-bond donors (Lipinski definition) is 1. The van der Waals surface area contributed by atoms with E-state index in [9.17, 15) is 14.3 Å². The van der Waals surface area contributed by atoms with Gasteiger partial charge in [0.15, 0.2) is 5.78 Å². The molecule has 1 saturated heterocycles. The Morgan fingerprint density at radius 2 is 1.47 bits per heavy atom. The second-order valence-corrected chi connectivity index (χ2v) is 7.68. The molecule has 1 N–H and O–H groups in total. The maximum atomic E-state index is 13.0. The second-order valence-electron chi connectivity index (χ2n) is 7.68. The molecule has 1 aliphatic heterocycles. The molecule has 4 rings (SSSR count). The largest absolute Gasteiger partial charge is 0.457 e. The van der Waals surface area contributed by atoms with Crippen molar-refractivity contribution in [2.24, 2.45) is 0 Å². The molecule has 0 radical (unpaired) electrons. The minimum atomic E-state index is -0.916. The van der Waals surface area contributed by atoms with Crippen LogP contribution in [-0.2, 0) is 5.60 Å². The minimum Gasteiger partial charge on any atom is -0.457 e. The number of benzene rings is 3. The number of likely N-dealkylation sites (tertiary alicyclic amines) is 1. The third kappa shape index (κ3) is 4.75. The van der Waals surface area contributed by atoms with Crippen LogP contribution in [0.5, 0.6) is 11.5 Å². The van der Waals surface area contributed by atoms with E-state index in [4.69, 9.17) is 4.74 Å². The number of rotatable bonds is 6. The van der Waals surface area contributed by atoms with Gasteiger partial charge in [0.1, 0.15) is 17.3 Å². The predicted octanol–water partition coefficient (Wildman–Crippen LogP) is 4.78. The summed E-state index contributed by atoms with van der Waals surface area (Å²) >= 11 is 0. The average molecular weight is 405 g/mol. The Morgan fingerprint density at radius 1 is 0.900 bits per heavy atom. The van der Waals surface area contributed by atoms with Crippen molar-refractivity contribution in [3.8, 4) is 11.5 Å². The smallest absolute Gasteiger partial charge is 0.176 e. The van der Waals surface area contributed by atoms with E-state index in [1.54, 1.807) is 12.1 Å². The van der Waals surface area contributed by atoms with Crippen LogP contribution in [0, 0.1) is 5.82 Å². The lowest BCUT2D eigenvalue weighted by Crippen LogP contribution is -2.44. The highest BCUT2D eigenvalue weighted by molar-refractivity contribution is 5.97. The van der Waals surface area contributed by atoms with E-state index in [2.05, 4.69) is 4.90 Å². The van der Waals surface area contributed by atoms with Crippen LogP contribution in [0.4, 0.5) is 4.39 Å². The van der Waals surface area contributed by atoms with Gasteiger partial charge >= 0.3 is 0 Å². The Hall–Kier alpha value is -3.02. The summed E-state index contributed by atoms with van der Waals surface area (Å²) < 4.78 is 18.7. The molecule has 0 bridgehead atoms. The first kappa shape index (κ1) is 20.3. The Balaban J connectivity index is 1.34. The summed E-state index contributed by atoms with van der Waals surface area (Å²) in [5.74, 6) is 0.971. The maximum Gasteiger partial charge on any atom is 0.176 e. The van der Waals surface area contributed by atoms with E-state index in [1.807, 2.05) is 54.6 Å². The molecule has 1 heterocycles. The molecule has 30 heavy (non-hydrogen) atoms. The number of carbonyl (C=O) groups is 1. The molecule has 0 atom stereocenters.